The van der Waals surface area contributed by atoms with E-state index in [-0.39, 0.29) is 17.6 Å². The molecule has 0 spiro atoms. The second-order valence-electron chi connectivity index (χ2n) is 5.78. The molecular weight excluding hydrogens is 306 g/mol. The maximum Gasteiger partial charge on any atom is 0.253 e. The van der Waals surface area contributed by atoms with Gasteiger partial charge in [0.05, 0.1) is 11.8 Å². The molecule has 24 heavy (non-hydrogen) atoms. The predicted molar refractivity (Wildman–Crippen MR) is 89.7 cm³/mol. The Morgan fingerprint density at radius 2 is 2.00 bits per heavy atom. The van der Waals surface area contributed by atoms with Crippen LogP contribution in [0.15, 0.2) is 42.7 Å². The predicted octanol–water partition coefficient (Wildman–Crippen LogP) is 2.23. The van der Waals surface area contributed by atoms with E-state index in [1.807, 2.05) is 29.2 Å². The van der Waals surface area contributed by atoms with E-state index in [2.05, 4.69) is 10.3 Å². The van der Waals surface area contributed by atoms with Gasteiger partial charge in [-0.3, -0.25) is 14.6 Å². The number of anilines is 1. The summed E-state index contributed by atoms with van der Waals surface area (Å²) in [4.78, 5) is 29.5. The molecule has 6 nitrogen and oxygen atoms in total. The Kier molecular flexibility index (Phi) is 4.74. The van der Waals surface area contributed by atoms with Gasteiger partial charge in [-0.2, -0.15) is 0 Å². The highest BCUT2D eigenvalue weighted by molar-refractivity contribution is 5.94. The van der Waals surface area contributed by atoms with Crippen molar-refractivity contribution < 1.29 is 14.7 Å². The monoisotopic (exact) mass is 325 g/mol. The molecule has 2 amide bonds. The summed E-state index contributed by atoms with van der Waals surface area (Å²) in [5, 5.41) is 12.1. The molecule has 0 aliphatic carbocycles. The van der Waals surface area contributed by atoms with E-state index >= 15 is 0 Å². The molecule has 2 heterocycles. The van der Waals surface area contributed by atoms with Crippen LogP contribution in [0.1, 0.15) is 35.2 Å². The van der Waals surface area contributed by atoms with Crippen molar-refractivity contribution >= 4 is 17.5 Å². The lowest BCUT2D eigenvalue weighted by molar-refractivity contribution is -0.119. The van der Waals surface area contributed by atoms with Gasteiger partial charge < -0.3 is 15.3 Å². The molecule has 2 aromatic rings. The molecule has 0 bridgehead atoms. The second kappa shape index (κ2) is 7.12. The molecular formula is C18H19N3O3. The molecule has 6 heteroatoms. The van der Waals surface area contributed by atoms with Gasteiger partial charge >= 0.3 is 0 Å². The summed E-state index contributed by atoms with van der Waals surface area (Å²) in [7, 11) is 0. The van der Waals surface area contributed by atoms with Gasteiger partial charge in [0.15, 0.2) is 0 Å². The normalized spacial score (nSPS) is 14.5. The first-order valence-electron chi connectivity index (χ1n) is 7.95. The number of nitrogens with zero attached hydrogens (tertiary/aromatic N) is 2. The maximum atomic E-state index is 12.0. The average molecular weight is 325 g/mol. The molecule has 1 saturated heterocycles. The fraction of sp³-hybridized carbons (Fsp3) is 0.278. The standard InChI is InChI=1S/C18H19N3O3/c22-16-9-14(11-19-12-16)18(24)20-10-13-4-6-15(7-5-13)21-8-2-1-3-17(21)23/h4-7,9,11-12,22H,1-3,8,10H2,(H,20,24). The Morgan fingerprint density at radius 1 is 1.21 bits per heavy atom. The minimum atomic E-state index is -0.298. The van der Waals surface area contributed by atoms with Crippen molar-refractivity contribution in [2.75, 3.05) is 11.4 Å². The summed E-state index contributed by atoms with van der Waals surface area (Å²) < 4.78 is 0. The second-order valence-corrected chi connectivity index (χ2v) is 5.78. The molecule has 0 saturated carbocycles. The molecule has 1 aromatic heterocycles. The SMILES string of the molecule is O=C(NCc1ccc(N2CCCCC2=O)cc1)c1cncc(O)c1. The fourth-order valence-electron chi connectivity index (χ4n) is 2.71. The van der Waals surface area contributed by atoms with Crippen molar-refractivity contribution in [1.29, 1.82) is 0 Å². The summed E-state index contributed by atoms with van der Waals surface area (Å²) in [6.45, 7) is 1.13. The van der Waals surface area contributed by atoms with Gasteiger partial charge in [0, 0.05) is 31.4 Å². The number of pyridine rings is 1. The number of amides is 2. The Labute approximate surface area is 140 Å². The first-order valence-corrected chi connectivity index (χ1v) is 7.95. The third kappa shape index (κ3) is 3.71. The molecule has 3 rings (SSSR count). The number of aromatic nitrogens is 1. The van der Waals surface area contributed by atoms with Crippen LogP contribution in [-0.2, 0) is 11.3 Å². The van der Waals surface area contributed by atoms with Crippen molar-refractivity contribution in [2.45, 2.75) is 25.8 Å². The van der Waals surface area contributed by atoms with Gasteiger partial charge in [0.2, 0.25) is 5.91 Å². The van der Waals surface area contributed by atoms with Crippen LogP contribution in [0.25, 0.3) is 0 Å². The first kappa shape index (κ1) is 16.0. The van der Waals surface area contributed by atoms with E-state index in [4.69, 9.17) is 0 Å². The summed E-state index contributed by atoms with van der Waals surface area (Å²) in [6, 6.07) is 8.98. The molecule has 1 aromatic carbocycles. The van der Waals surface area contributed by atoms with Gasteiger partial charge in [0.25, 0.3) is 5.91 Å². The lowest BCUT2D eigenvalue weighted by Gasteiger charge is -2.26. The largest absolute Gasteiger partial charge is 0.506 e. The third-order valence-corrected chi connectivity index (χ3v) is 4.01. The minimum Gasteiger partial charge on any atom is -0.506 e. The van der Waals surface area contributed by atoms with Crippen LogP contribution in [0.3, 0.4) is 0 Å². The lowest BCUT2D eigenvalue weighted by Crippen LogP contribution is -2.35. The third-order valence-electron chi connectivity index (χ3n) is 4.01. The van der Waals surface area contributed by atoms with Crippen molar-refractivity contribution in [3.8, 4) is 5.75 Å². The van der Waals surface area contributed by atoms with Gasteiger partial charge in [-0.1, -0.05) is 12.1 Å². The Morgan fingerprint density at radius 3 is 2.71 bits per heavy atom. The molecule has 0 radical (unpaired) electrons. The van der Waals surface area contributed by atoms with Crippen LogP contribution < -0.4 is 10.2 Å². The van der Waals surface area contributed by atoms with E-state index in [0.29, 0.717) is 18.5 Å². The highest BCUT2D eigenvalue weighted by atomic mass is 16.3. The van der Waals surface area contributed by atoms with Crippen molar-refractivity contribution in [3.05, 3.63) is 53.9 Å². The van der Waals surface area contributed by atoms with E-state index in [1.54, 1.807) is 0 Å². The molecule has 0 unspecified atom stereocenters. The molecule has 2 N–H and O–H groups in total. The van der Waals surface area contributed by atoms with Crippen molar-refractivity contribution in [2.24, 2.45) is 0 Å². The van der Waals surface area contributed by atoms with E-state index < -0.39 is 0 Å². The molecule has 1 aliphatic rings. The number of hydrogen-bond donors (Lipinski definition) is 2. The fourth-order valence-corrected chi connectivity index (χ4v) is 2.71. The summed E-state index contributed by atoms with van der Waals surface area (Å²) in [5.74, 6) is -0.175. The number of carbonyl (C=O) groups excluding carboxylic acids is 2. The lowest BCUT2D eigenvalue weighted by atomic mass is 10.1. The van der Waals surface area contributed by atoms with Gasteiger partial charge in [-0.25, -0.2) is 0 Å². The highest BCUT2D eigenvalue weighted by Gasteiger charge is 2.19. The van der Waals surface area contributed by atoms with E-state index in [9.17, 15) is 14.7 Å². The van der Waals surface area contributed by atoms with Crippen LogP contribution in [0.2, 0.25) is 0 Å². The number of aromatic hydroxyl groups is 1. The smallest absolute Gasteiger partial charge is 0.253 e. The molecule has 0 atom stereocenters. The number of hydrogen-bond acceptors (Lipinski definition) is 4. The maximum absolute atomic E-state index is 12.0. The van der Waals surface area contributed by atoms with Gasteiger partial charge in [-0.15, -0.1) is 0 Å². The van der Waals surface area contributed by atoms with Gasteiger partial charge in [0.1, 0.15) is 5.75 Å². The van der Waals surface area contributed by atoms with E-state index in [0.717, 1.165) is 30.6 Å². The van der Waals surface area contributed by atoms with Crippen LogP contribution in [0, 0.1) is 0 Å². The molecule has 124 valence electrons. The summed E-state index contributed by atoms with van der Waals surface area (Å²) in [6.07, 6.45) is 5.28. The molecule has 1 fully saturated rings. The number of benzene rings is 1. The van der Waals surface area contributed by atoms with Gasteiger partial charge in [-0.05, 0) is 36.6 Å². The quantitative estimate of drug-likeness (QED) is 0.903. The van der Waals surface area contributed by atoms with Crippen LogP contribution >= 0.6 is 0 Å². The van der Waals surface area contributed by atoms with Crippen LogP contribution in [0.5, 0.6) is 5.75 Å². The Balaban J connectivity index is 1.60. The first-order chi connectivity index (χ1) is 11.6. The minimum absolute atomic E-state index is 0.0433. The van der Waals surface area contributed by atoms with Crippen molar-refractivity contribution in [1.82, 2.24) is 10.3 Å². The number of rotatable bonds is 4. The topological polar surface area (TPSA) is 82.5 Å². The highest BCUT2D eigenvalue weighted by Crippen LogP contribution is 2.21. The Bertz CT molecular complexity index is 743. The Hall–Kier alpha value is -2.89. The number of nitrogens with one attached hydrogen (secondary N) is 1. The number of piperidine rings is 1. The number of carbonyl (C=O) groups is 2. The zero-order valence-electron chi connectivity index (χ0n) is 13.2. The summed E-state index contributed by atoms with van der Waals surface area (Å²) in [5.41, 5.74) is 2.14. The zero-order valence-corrected chi connectivity index (χ0v) is 13.2. The van der Waals surface area contributed by atoms with Crippen molar-refractivity contribution in [3.63, 3.8) is 0 Å². The van der Waals surface area contributed by atoms with Crippen LogP contribution in [0.4, 0.5) is 5.69 Å². The summed E-state index contributed by atoms with van der Waals surface area (Å²) >= 11 is 0. The zero-order chi connectivity index (χ0) is 16.9. The average Bonchev–Trinajstić information content (AvgIpc) is 2.61. The molecule has 1 aliphatic heterocycles. The van der Waals surface area contributed by atoms with E-state index in [1.165, 1.54) is 18.5 Å². The van der Waals surface area contributed by atoms with Crippen LogP contribution in [-0.4, -0.2) is 28.4 Å².